The quantitative estimate of drug-likeness (QED) is 0.852. The van der Waals surface area contributed by atoms with Gasteiger partial charge in [-0.2, -0.15) is 5.10 Å². The van der Waals surface area contributed by atoms with Crippen LogP contribution < -0.4 is 4.74 Å². The highest BCUT2D eigenvalue weighted by molar-refractivity contribution is 14.1. The molecule has 0 fully saturated rings. The van der Waals surface area contributed by atoms with Gasteiger partial charge in [-0.05, 0) is 40.8 Å². The maximum absolute atomic E-state index is 11.0. The van der Waals surface area contributed by atoms with Crippen LogP contribution >= 0.6 is 22.6 Å². The summed E-state index contributed by atoms with van der Waals surface area (Å²) in [4.78, 5) is 11.0. The molecule has 5 nitrogen and oxygen atoms in total. The van der Waals surface area contributed by atoms with E-state index in [1.807, 2.05) is 24.3 Å². The summed E-state index contributed by atoms with van der Waals surface area (Å²) in [5.41, 5.74) is 0.712. The molecule has 0 saturated heterocycles. The maximum Gasteiger partial charge on any atom is 0.339 e. The lowest BCUT2D eigenvalue weighted by atomic mass is 10.2. The first-order valence-corrected chi connectivity index (χ1v) is 6.28. The summed E-state index contributed by atoms with van der Waals surface area (Å²) < 4.78 is 8.15. The van der Waals surface area contributed by atoms with E-state index < -0.39 is 5.97 Å². The van der Waals surface area contributed by atoms with Gasteiger partial charge in [-0.1, -0.05) is 6.07 Å². The predicted octanol–water partition coefficient (Wildman–Crippen LogP) is 2.30. The van der Waals surface area contributed by atoms with Crippen LogP contribution in [0.1, 0.15) is 16.1 Å². The van der Waals surface area contributed by atoms with Gasteiger partial charge >= 0.3 is 5.97 Å². The molecule has 0 amide bonds. The van der Waals surface area contributed by atoms with Gasteiger partial charge in [0.15, 0.2) is 0 Å². The summed E-state index contributed by atoms with van der Waals surface area (Å²) in [6, 6.07) is 7.56. The number of halogens is 1. The largest absolute Gasteiger partial charge is 0.487 e. The van der Waals surface area contributed by atoms with E-state index >= 15 is 0 Å². The molecular weight excluding hydrogens is 347 g/mol. The topological polar surface area (TPSA) is 64.4 Å². The van der Waals surface area contributed by atoms with Gasteiger partial charge in [-0.15, -0.1) is 0 Å². The van der Waals surface area contributed by atoms with E-state index in [9.17, 15) is 4.79 Å². The number of carboxylic acids is 1. The van der Waals surface area contributed by atoms with E-state index in [1.54, 1.807) is 7.05 Å². The number of hydrogen-bond donors (Lipinski definition) is 1. The third kappa shape index (κ3) is 2.81. The summed E-state index contributed by atoms with van der Waals surface area (Å²) in [5.74, 6) is -0.288. The molecule has 0 bridgehead atoms. The Balaban J connectivity index is 2.15. The lowest BCUT2D eigenvalue weighted by Crippen LogP contribution is -2.08. The molecule has 94 valence electrons. The lowest BCUT2D eigenvalue weighted by Gasteiger charge is -2.07. The van der Waals surface area contributed by atoms with E-state index in [0.29, 0.717) is 11.4 Å². The van der Waals surface area contributed by atoms with Crippen LogP contribution in [0.4, 0.5) is 0 Å². The molecule has 1 aromatic carbocycles. The van der Waals surface area contributed by atoms with Crippen molar-refractivity contribution < 1.29 is 14.6 Å². The van der Waals surface area contributed by atoms with Crippen molar-refractivity contribution >= 4 is 28.6 Å². The Morgan fingerprint density at radius 2 is 2.33 bits per heavy atom. The first-order chi connectivity index (χ1) is 8.58. The number of benzene rings is 1. The average molecular weight is 358 g/mol. The van der Waals surface area contributed by atoms with Crippen molar-refractivity contribution in [1.82, 2.24) is 9.78 Å². The predicted molar refractivity (Wildman–Crippen MR) is 73.7 cm³/mol. The molecule has 2 aromatic rings. The van der Waals surface area contributed by atoms with Crippen LogP contribution in [0.15, 0.2) is 30.5 Å². The SMILES string of the molecule is Cn1ncc(C(=O)O)c1COc1cccc(I)c1. The molecule has 0 aliphatic heterocycles. The molecule has 0 aliphatic rings. The van der Waals surface area contributed by atoms with Crippen LogP contribution in [0, 0.1) is 3.57 Å². The fraction of sp³-hybridized carbons (Fsp3) is 0.167. The number of aromatic carboxylic acids is 1. The van der Waals surface area contributed by atoms with Crippen LogP contribution in [-0.2, 0) is 13.7 Å². The summed E-state index contributed by atoms with van der Waals surface area (Å²) >= 11 is 2.19. The van der Waals surface area contributed by atoms with Crippen LogP contribution in [0.5, 0.6) is 5.75 Å². The first-order valence-electron chi connectivity index (χ1n) is 5.20. The smallest absolute Gasteiger partial charge is 0.339 e. The zero-order valence-electron chi connectivity index (χ0n) is 9.63. The van der Waals surface area contributed by atoms with Gasteiger partial charge in [-0.25, -0.2) is 4.79 Å². The Morgan fingerprint density at radius 3 is 3.00 bits per heavy atom. The minimum Gasteiger partial charge on any atom is -0.487 e. The first kappa shape index (κ1) is 12.9. The molecule has 1 aromatic heterocycles. The number of aromatic nitrogens is 2. The van der Waals surface area contributed by atoms with E-state index in [-0.39, 0.29) is 12.2 Å². The molecular formula is C12H11IN2O3. The minimum absolute atomic E-state index is 0.170. The number of hydrogen-bond acceptors (Lipinski definition) is 3. The summed E-state index contributed by atoms with van der Waals surface area (Å²) in [6.45, 7) is 0.179. The number of carboxylic acid groups (broad SMARTS) is 1. The maximum atomic E-state index is 11.0. The molecule has 18 heavy (non-hydrogen) atoms. The normalized spacial score (nSPS) is 10.3. The van der Waals surface area contributed by atoms with Crippen LogP contribution in [0.2, 0.25) is 0 Å². The third-order valence-corrected chi connectivity index (χ3v) is 3.13. The van der Waals surface area contributed by atoms with Crippen molar-refractivity contribution in [2.45, 2.75) is 6.61 Å². The fourth-order valence-electron chi connectivity index (χ4n) is 1.52. The third-order valence-electron chi connectivity index (χ3n) is 2.46. The molecule has 0 saturated carbocycles. The van der Waals surface area contributed by atoms with Crippen LogP contribution in [0.3, 0.4) is 0 Å². The highest BCUT2D eigenvalue weighted by atomic mass is 127. The highest BCUT2D eigenvalue weighted by Gasteiger charge is 2.15. The van der Waals surface area contributed by atoms with Crippen molar-refractivity contribution in [3.8, 4) is 5.75 Å². The number of aryl methyl sites for hydroxylation is 1. The number of rotatable bonds is 4. The van der Waals surface area contributed by atoms with Crippen molar-refractivity contribution in [1.29, 1.82) is 0 Å². The Kier molecular flexibility index (Phi) is 3.85. The molecule has 6 heteroatoms. The number of ether oxygens (including phenoxy) is 1. The van der Waals surface area contributed by atoms with Crippen LogP contribution in [0.25, 0.3) is 0 Å². The molecule has 0 radical (unpaired) electrons. The Bertz CT molecular complexity index is 580. The summed E-state index contributed by atoms with van der Waals surface area (Å²) in [6.07, 6.45) is 1.33. The Labute approximate surface area is 118 Å². The van der Waals surface area contributed by atoms with Gasteiger partial charge in [0.1, 0.15) is 17.9 Å². The Morgan fingerprint density at radius 1 is 1.56 bits per heavy atom. The highest BCUT2D eigenvalue weighted by Crippen LogP contribution is 2.17. The van der Waals surface area contributed by atoms with Gasteiger partial charge in [0.05, 0.1) is 11.9 Å². The molecule has 1 N–H and O–H groups in total. The minimum atomic E-state index is -0.996. The van der Waals surface area contributed by atoms with Crippen molar-refractivity contribution in [3.05, 3.63) is 45.3 Å². The van der Waals surface area contributed by atoms with Crippen molar-refractivity contribution in [3.63, 3.8) is 0 Å². The molecule has 0 unspecified atom stereocenters. The monoisotopic (exact) mass is 358 g/mol. The second kappa shape index (κ2) is 5.38. The molecule has 1 heterocycles. The average Bonchev–Trinajstić information content (AvgIpc) is 2.68. The Hall–Kier alpha value is -1.57. The lowest BCUT2D eigenvalue weighted by molar-refractivity contribution is 0.0693. The van der Waals surface area contributed by atoms with E-state index in [1.165, 1.54) is 10.9 Å². The van der Waals surface area contributed by atoms with Gasteiger partial charge in [-0.3, -0.25) is 4.68 Å². The van der Waals surface area contributed by atoms with Gasteiger partial charge in [0.2, 0.25) is 0 Å². The van der Waals surface area contributed by atoms with Crippen molar-refractivity contribution in [2.24, 2.45) is 7.05 Å². The molecule has 0 aliphatic carbocycles. The van der Waals surface area contributed by atoms with Gasteiger partial charge in [0, 0.05) is 10.6 Å². The molecule has 0 atom stereocenters. The summed E-state index contributed by atoms with van der Waals surface area (Å²) in [7, 11) is 1.69. The van der Waals surface area contributed by atoms with Crippen molar-refractivity contribution in [2.75, 3.05) is 0 Å². The second-order valence-electron chi connectivity index (χ2n) is 3.68. The zero-order chi connectivity index (χ0) is 13.1. The molecule has 0 spiro atoms. The standard InChI is InChI=1S/C12H11IN2O3/c1-15-11(10(6-14-15)12(16)17)7-18-9-4-2-3-8(13)5-9/h2-6H,7H2,1H3,(H,16,17). The van der Waals surface area contributed by atoms with Gasteiger partial charge < -0.3 is 9.84 Å². The van der Waals surface area contributed by atoms with Crippen LogP contribution in [-0.4, -0.2) is 20.9 Å². The van der Waals surface area contributed by atoms with E-state index in [0.717, 1.165) is 3.57 Å². The van der Waals surface area contributed by atoms with E-state index in [2.05, 4.69) is 27.7 Å². The summed E-state index contributed by atoms with van der Waals surface area (Å²) in [5, 5.41) is 12.9. The number of carbonyl (C=O) groups is 1. The van der Waals surface area contributed by atoms with Gasteiger partial charge in [0.25, 0.3) is 0 Å². The zero-order valence-corrected chi connectivity index (χ0v) is 11.8. The molecule has 2 rings (SSSR count). The fourth-order valence-corrected chi connectivity index (χ4v) is 2.04. The van der Waals surface area contributed by atoms with E-state index in [4.69, 9.17) is 9.84 Å². The second-order valence-corrected chi connectivity index (χ2v) is 4.93. The number of nitrogens with zero attached hydrogens (tertiary/aromatic N) is 2.